The summed E-state index contributed by atoms with van der Waals surface area (Å²) < 4.78 is 24.6. The Labute approximate surface area is 185 Å². The van der Waals surface area contributed by atoms with E-state index >= 15 is 0 Å². The number of benzene rings is 2. The van der Waals surface area contributed by atoms with Crippen LogP contribution in [0.15, 0.2) is 54.1 Å². The maximum atomic E-state index is 14.3. The molecule has 2 fully saturated rings. The zero-order valence-electron chi connectivity index (χ0n) is 17.8. The van der Waals surface area contributed by atoms with Gasteiger partial charge >= 0.3 is 0 Å². The van der Waals surface area contributed by atoms with Crippen LogP contribution < -0.4 is 4.74 Å². The van der Waals surface area contributed by atoms with Crippen LogP contribution in [0.5, 0.6) is 5.75 Å². The molecule has 0 unspecified atom stereocenters. The topological polar surface area (TPSA) is 79.3 Å². The summed E-state index contributed by atoms with van der Waals surface area (Å²) in [4.78, 5) is 29.6. The summed E-state index contributed by atoms with van der Waals surface area (Å²) in [6.45, 7) is 3.67. The number of nitrogens with zero attached hydrogens (tertiary/aromatic N) is 2. The number of ether oxygens (including phenoxy) is 2. The van der Waals surface area contributed by atoms with Crippen LogP contribution in [-0.2, 0) is 14.3 Å². The van der Waals surface area contributed by atoms with Gasteiger partial charge in [0.2, 0.25) is 0 Å². The fourth-order valence-electron chi connectivity index (χ4n) is 4.14. The van der Waals surface area contributed by atoms with Crippen molar-refractivity contribution in [3.63, 3.8) is 0 Å². The summed E-state index contributed by atoms with van der Waals surface area (Å²) in [7, 11) is 1.34. The van der Waals surface area contributed by atoms with Crippen molar-refractivity contribution in [3.05, 3.63) is 71.0 Å². The zero-order valence-corrected chi connectivity index (χ0v) is 17.8. The number of methoxy groups -OCH3 is 1. The number of likely N-dealkylation sites (tertiary alicyclic amines) is 1. The lowest BCUT2D eigenvalue weighted by Crippen LogP contribution is -2.42. The first-order valence-electron chi connectivity index (χ1n) is 10.5. The highest BCUT2D eigenvalue weighted by Gasteiger charge is 2.46. The number of morpholine rings is 1. The molecule has 2 saturated heterocycles. The molecule has 7 nitrogen and oxygen atoms in total. The number of carbonyl (C=O) groups is 2. The van der Waals surface area contributed by atoms with E-state index in [2.05, 4.69) is 4.90 Å². The van der Waals surface area contributed by atoms with Gasteiger partial charge in [0.05, 0.1) is 31.9 Å². The van der Waals surface area contributed by atoms with E-state index in [0.717, 1.165) is 19.2 Å². The highest BCUT2D eigenvalue weighted by molar-refractivity contribution is 6.46. The molecule has 1 amide bonds. The van der Waals surface area contributed by atoms with Crippen LogP contribution in [0.25, 0.3) is 5.76 Å². The van der Waals surface area contributed by atoms with Gasteiger partial charge in [-0.05, 0) is 23.8 Å². The van der Waals surface area contributed by atoms with E-state index in [1.165, 1.54) is 24.1 Å². The van der Waals surface area contributed by atoms with Crippen LogP contribution in [0.3, 0.4) is 0 Å². The van der Waals surface area contributed by atoms with Crippen LogP contribution in [0, 0.1) is 5.82 Å². The number of Topliss-reactive ketones (excluding diaryl/α,β-unsaturated/α-hetero) is 1. The quantitative estimate of drug-likeness (QED) is 0.423. The van der Waals surface area contributed by atoms with Gasteiger partial charge in [-0.2, -0.15) is 0 Å². The lowest BCUT2D eigenvalue weighted by atomic mass is 9.95. The predicted octanol–water partition coefficient (Wildman–Crippen LogP) is 2.59. The van der Waals surface area contributed by atoms with Crippen molar-refractivity contribution in [1.29, 1.82) is 0 Å². The van der Waals surface area contributed by atoms with Gasteiger partial charge in [0, 0.05) is 31.7 Å². The summed E-state index contributed by atoms with van der Waals surface area (Å²) in [5.41, 5.74) is 0.757. The summed E-state index contributed by atoms with van der Waals surface area (Å²) in [6.07, 6.45) is 0. The van der Waals surface area contributed by atoms with E-state index in [-0.39, 0.29) is 16.9 Å². The SMILES string of the molecule is COc1ccc(C(O)=C2C(=O)C(=O)N(CCN3CCOCC3)[C@H]2c2ccccc2)cc1F. The highest BCUT2D eigenvalue weighted by atomic mass is 19.1. The normalized spacial score (nSPS) is 21.2. The Kier molecular flexibility index (Phi) is 6.53. The standard InChI is InChI=1S/C24H25FN2O5/c1-31-19-8-7-17(15-18(19)25)22(28)20-21(16-5-3-2-4-6-16)27(24(30)23(20)29)10-9-26-11-13-32-14-12-26/h2-8,15,21,28H,9-14H2,1H3/t21-/m0/s1. The minimum atomic E-state index is -0.783. The molecule has 2 heterocycles. The molecule has 1 atom stereocenters. The number of hydrogen-bond donors (Lipinski definition) is 1. The lowest BCUT2D eigenvalue weighted by molar-refractivity contribution is -0.140. The van der Waals surface area contributed by atoms with Gasteiger partial charge in [0.15, 0.2) is 11.6 Å². The lowest BCUT2D eigenvalue weighted by Gasteiger charge is -2.31. The van der Waals surface area contributed by atoms with Crippen molar-refractivity contribution in [3.8, 4) is 5.75 Å². The second kappa shape index (κ2) is 9.50. The Hall–Kier alpha value is -3.23. The Balaban J connectivity index is 1.72. The number of amides is 1. The summed E-state index contributed by atoms with van der Waals surface area (Å²) in [6, 6.07) is 12.2. The van der Waals surface area contributed by atoms with E-state index in [0.29, 0.717) is 31.9 Å². The van der Waals surface area contributed by atoms with Crippen molar-refractivity contribution >= 4 is 17.4 Å². The molecule has 4 rings (SSSR count). The minimum Gasteiger partial charge on any atom is -0.507 e. The third-order valence-electron chi connectivity index (χ3n) is 5.84. The fourth-order valence-corrected chi connectivity index (χ4v) is 4.14. The number of aliphatic hydroxyl groups excluding tert-OH is 1. The van der Waals surface area contributed by atoms with E-state index < -0.39 is 29.3 Å². The van der Waals surface area contributed by atoms with Crippen molar-refractivity contribution in [2.24, 2.45) is 0 Å². The van der Waals surface area contributed by atoms with Crippen molar-refractivity contribution in [2.75, 3.05) is 46.5 Å². The zero-order chi connectivity index (χ0) is 22.7. The molecule has 0 saturated carbocycles. The molecule has 0 aromatic heterocycles. The first kappa shape index (κ1) is 22.0. The number of halogens is 1. The summed E-state index contributed by atoms with van der Waals surface area (Å²) in [5.74, 6) is -2.52. The van der Waals surface area contributed by atoms with Crippen LogP contribution in [0.4, 0.5) is 4.39 Å². The Morgan fingerprint density at radius 1 is 1.12 bits per heavy atom. The van der Waals surface area contributed by atoms with Gasteiger partial charge in [-0.15, -0.1) is 0 Å². The van der Waals surface area contributed by atoms with Gasteiger partial charge in [0.1, 0.15) is 5.76 Å². The number of hydrogen-bond acceptors (Lipinski definition) is 6. The molecule has 0 bridgehead atoms. The van der Waals surface area contributed by atoms with Crippen LogP contribution in [-0.4, -0.2) is 73.1 Å². The first-order valence-corrected chi connectivity index (χ1v) is 10.5. The number of rotatable bonds is 6. The number of ketones is 1. The number of carbonyl (C=O) groups excluding carboxylic acids is 2. The maximum Gasteiger partial charge on any atom is 0.295 e. The van der Waals surface area contributed by atoms with Gasteiger partial charge in [-0.1, -0.05) is 30.3 Å². The third-order valence-corrected chi connectivity index (χ3v) is 5.84. The maximum absolute atomic E-state index is 14.3. The second-order valence-corrected chi connectivity index (χ2v) is 7.71. The molecule has 0 aliphatic carbocycles. The molecule has 2 aromatic rings. The van der Waals surface area contributed by atoms with Gasteiger partial charge in [0.25, 0.3) is 11.7 Å². The van der Waals surface area contributed by atoms with Gasteiger partial charge < -0.3 is 19.5 Å². The molecule has 2 aromatic carbocycles. The third kappa shape index (κ3) is 4.24. The molecular formula is C24H25FN2O5. The number of aliphatic hydroxyl groups is 1. The molecule has 32 heavy (non-hydrogen) atoms. The molecule has 2 aliphatic rings. The molecule has 168 valence electrons. The monoisotopic (exact) mass is 440 g/mol. The Morgan fingerprint density at radius 2 is 1.84 bits per heavy atom. The molecular weight excluding hydrogens is 415 g/mol. The van der Waals surface area contributed by atoms with Gasteiger partial charge in [-0.3, -0.25) is 14.5 Å². The van der Waals surface area contributed by atoms with E-state index in [1.54, 1.807) is 12.1 Å². The largest absolute Gasteiger partial charge is 0.507 e. The smallest absolute Gasteiger partial charge is 0.295 e. The van der Waals surface area contributed by atoms with Crippen LogP contribution in [0.2, 0.25) is 0 Å². The van der Waals surface area contributed by atoms with Crippen molar-refractivity contribution in [1.82, 2.24) is 9.80 Å². The Bertz CT molecular complexity index is 1030. The van der Waals surface area contributed by atoms with Crippen molar-refractivity contribution < 1.29 is 28.6 Å². The Morgan fingerprint density at radius 3 is 2.50 bits per heavy atom. The molecule has 0 radical (unpaired) electrons. The van der Waals surface area contributed by atoms with E-state index in [9.17, 15) is 19.1 Å². The van der Waals surface area contributed by atoms with E-state index in [1.807, 2.05) is 18.2 Å². The molecule has 1 N–H and O–H groups in total. The second-order valence-electron chi connectivity index (χ2n) is 7.71. The first-order chi connectivity index (χ1) is 15.5. The molecule has 0 spiro atoms. The van der Waals surface area contributed by atoms with Crippen LogP contribution >= 0.6 is 0 Å². The average molecular weight is 440 g/mol. The summed E-state index contributed by atoms with van der Waals surface area (Å²) in [5, 5.41) is 11.0. The minimum absolute atomic E-state index is 0.0205. The van der Waals surface area contributed by atoms with Crippen molar-refractivity contribution in [2.45, 2.75) is 6.04 Å². The highest BCUT2D eigenvalue weighted by Crippen LogP contribution is 2.39. The predicted molar refractivity (Wildman–Crippen MR) is 116 cm³/mol. The molecule has 8 heteroatoms. The summed E-state index contributed by atoms with van der Waals surface area (Å²) >= 11 is 0. The molecule has 2 aliphatic heterocycles. The van der Waals surface area contributed by atoms with Crippen LogP contribution in [0.1, 0.15) is 17.2 Å². The average Bonchev–Trinajstić information content (AvgIpc) is 3.08. The van der Waals surface area contributed by atoms with E-state index in [4.69, 9.17) is 9.47 Å². The fraction of sp³-hybridized carbons (Fsp3) is 0.333. The van der Waals surface area contributed by atoms with Gasteiger partial charge in [-0.25, -0.2) is 4.39 Å².